The Morgan fingerprint density at radius 3 is 2.72 bits per heavy atom. The molecule has 1 aromatic heterocycles. The van der Waals surface area contributed by atoms with Gasteiger partial charge in [0.25, 0.3) is 5.91 Å². The number of anilines is 1. The molecule has 1 amide bonds. The number of aromatic nitrogens is 1. The fourth-order valence-electron chi connectivity index (χ4n) is 1.74. The maximum atomic E-state index is 14.1. The van der Waals surface area contributed by atoms with Crippen LogP contribution >= 0.6 is 0 Å². The Morgan fingerprint density at radius 1 is 1.44 bits per heavy atom. The third-order valence-corrected chi connectivity index (χ3v) is 2.63. The highest BCUT2D eigenvalue weighted by Gasteiger charge is 2.19. The van der Waals surface area contributed by atoms with Crippen molar-refractivity contribution in [2.75, 3.05) is 25.0 Å². The van der Waals surface area contributed by atoms with Crippen LogP contribution in [0.5, 0.6) is 0 Å². The van der Waals surface area contributed by atoms with Gasteiger partial charge in [-0.2, -0.15) is 0 Å². The molecule has 0 saturated heterocycles. The smallest absolute Gasteiger partial charge is 0.257 e. The summed E-state index contributed by atoms with van der Waals surface area (Å²) in [5.74, 6) is -0.715. The SMILES string of the molecule is CCCN(CC)C(=O)c1ccnc(NCC)c1F. The van der Waals surface area contributed by atoms with E-state index in [1.54, 1.807) is 4.90 Å². The molecule has 0 aliphatic heterocycles. The number of nitrogens with one attached hydrogen (secondary N) is 1. The first-order valence-corrected chi connectivity index (χ1v) is 6.33. The lowest BCUT2D eigenvalue weighted by Gasteiger charge is -2.20. The molecular formula is C13H20FN3O. The van der Waals surface area contributed by atoms with Crippen LogP contribution in [-0.2, 0) is 0 Å². The van der Waals surface area contributed by atoms with E-state index in [0.29, 0.717) is 19.6 Å². The van der Waals surface area contributed by atoms with E-state index in [4.69, 9.17) is 0 Å². The van der Waals surface area contributed by atoms with Crippen molar-refractivity contribution < 1.29 is 9.18 Å². The zero-order chi connectivity index (χ0) is 13.5. The standard InChI is InChI=1S/C13H20FN3O/c1-4-9-17(6-3)13(18)10-7-8-16-12(11(10)14)15-5-2/h7-8H,4-6,9H2,1-3H3,(H,15,16). The zero-order valence-corrected chi connectivity index (χ0v) is 11.2. The fraction of sp³-hybridized carbons (Fsp3) is 0.538. The largest absolute Gasteiger partial charge is 0.368 e. The van der Waals surface area contributed by atoms with Crippen molar-refractivity contribution in [1.82, 2.24) is 9.88 Å². The van der Waals surface area contributed by atoms with Gasteiger partial charge < -0.3 is 10.2 Å². The second kappa shape index (κ2) is 6.93. The number of carbonyl (C=O) groups is 1. The number of hydrogen-bond acceptors (Lipinski definition) is 3. The van der Waals surface area contributed by atoms with Crippen molar-refractivity contribution in [3.8, 4) is 0 Å². The summed E-state index contributed by atoms with van der Waals surface area (Å²) < 4.78 is 14.1. The molecule has 0 aliphatic carbocycles. The van der Waals surface area contributed by atoms with Gasteiger partial charge in [-0.15, -0.1) is 0 Å². The number of carbonyl (C=O) groups excluding carboxylic acids is 1. The second-order valence-corrected chi connectivity index (χ2v) is 3.94. The van der Waals surface area contributed by atoms with Crippen LogP contribution in [0.15, 0.2) is 12.3 Å². The van der Waals surface area contributed by atoms with Crippen LogP contribution in [0.4, 0.5) is 10.2 Å². The number of halogens is 1. The number of pyridine rings is 1. The lowest BCUT2D eigenvalue weighted by atomic mass is 10.2. The molecule has 18 heavy (non-hydrogen) atoms. The summed E-state index contributed by atoms with van der Waals surface area (Å²) >= 11 is 0. The summed E-state index contributed by atoms with van der Waals surface area (Å²) in [6.07, 6.45) is 2.31. The van der Waals surface area contributed by atoms with E-state index < -0.39 is 5.82 Å². The van der Waals surface area contributed by atoms with Crippen molar-refractivity contribution in [2.45, 2.75) is 27.2 Å². The van der Waals surface area contributed by atoms with Crippen LogP contribution in [0.3, 0.4) is 0 Å². The van der Waals surface area contributed by atoms with Crippen LogP contribution in [-0.4, -0.2) is 35.4 Å². The van der Waals surface area contributed by atoms with Crippen molar-refractivity contribution >= 4 is 11.7 Å². The Balaban J connectivity index is 3.01. The molecular weight excluding hydrogens is 233 g/mol. The first-order chi connectivity index (χ1) is 8.65. The van der Waals surface area contributed by atoms with Crippen LogP contribution in [0.25, 0.3) is 0 Å². The summed E-state index contributed by atoms with van der Waals surface area (Å²) in [4.78, 5) is 17.7. The Bertz CT molecular complexity index is 409. The lowest BCUT2D eigenvalue weighted by Crippen LogP contribution is -2.32. The second-order valence-electron chi connectivity index (χ2n) is 3.94. The summed E-state index contributed by atoms with van der Waals surface area (Å²) in [6, 6.07) is 1.43. The highest BCUT2D eigenvalue weighted by Crippen LogP contribution is 2.16. The number of rotatable bonds is 6. The van der Waals surface area contributed by atoms with Gasteiger partial charge in [-0.05, 0) is 26.3 Å². The molecule has 100 valence electrons. The molecule has 1 rings (SSSR count). The Kier molecular flexibility index (Phi) is 5.55. The van der Waals surface area contributed by atoms with Gasteiger partial charge in [0.05, 0.1) is 5.56 Å². The molecule has 1 N–H and O–H groups in total. The number of hydrogen-bond donors (Lipinski definition) is 1. The van der Waals surface area contributed by atoms with E-state index in [2.05, 4.69) is 10.3 Å². The van der Waals surface area contributed by atoms with E-state index in [-0.39, 0.29) is 17.3 Å². The zero-order valence-electron chi connectivity index (χ0n) is 11.2. The van der Waals surface area contributed by atoms with Crippen LogP contribution in [0.2, 0.25) is 0 Å². The maximum Gasteiger partial charge on any atom is 0.257 e. The summed E-state index contributed by atoms with van der Waals surface area (Å²) in [5.41, 5.74) is 0.0799. The van der Waals surface area contributed by atoms with Gasteiger partial charge in [0, 0.05) is 25.8 Å². The van der Waals surface area contributed by atoms with Gasteiger partial charge >= 0.3 is 0 Å². The first kappa shape index (κ1) is 14.4. The van der Waals surface area contributed by atoms with E-state index in [1.807, 2.05) is 20.8 Å². The summed E-state index contributed by atoms with van der Waals surface area (Å²) in [7, 11) is 0. The normalized spacial score (nSPS) is 10.2. The minimum absolute atomic E-state index is 0.0799. The predicted molar refractivity (Wildman–Crippen MR) is 70.2 cm³/mol. The average molecular weight is 253 g/mol. The molecule has 0 atom stereocenters. The van der Waals surface area contributed by atoms with Gasteiger partial charge in [0.15, 0.2) is 11.6 Å². The van der Waals surface area contributed by atoms with Gasteiger partial charge in [-0.3, -0.25) is 4.79 Å². The van der Waals surface area contributed by atoms with E-state index in [1.165, 1.54) is 12.3 Å². The average Bonchev–Trinajstić information content (AvgIpc) is 2.38. The molecule has 0 aliphatic rings. The summed E-state index contributed by atoms with van der Waals surface area (Å²) in [5, 5.41) is 2.80. The molecule has 0 spiro atoms. The monoisotopic (exact) mass is 253 g/mol. The van der Waals surface area contributed by atoms with Crippen LogP contribution in [0, 0.1) is 5.82 Å². The van der Waals surface area contributed by atoms with Gasteiger partial charge in [-0.25, -0.2) is 9.37 Å². The quantitative estimate of drug-likeness (QED) is 0.847. The minimum Gasteiger partial charge on any atom is -0.368 e. The van der Waals surface area contributed by atoms with Crippen molar-refractivity contribution in [3.63, 3.8) is 0 Å². The molecule has 0 bridgehead atoms. The van der Waals surface area contributed by atoms with Crippen LogP contribution < -0.4 is 5.32 Å². The topological polar surface area (TPSA) is 45.2 Å². The van der Waals surface area contributed by atoms with E-state index in [0.717, 1.165) is 6.42 Å². The Labute approximate surface area is 107 Å². The van der Waals surface area contributed by atoms with E-state index in [9.17, 15) is 9.18 Å². The molecule has 0 fully saturated rings. The summed E-state index contributed by atoms with van der Waals surface area (Å²) in [6.45, 7) is 7.50. The molecule has 0 aromatic carbocycles. The fourth-order valence-corrected chi connectivity index (χ4v) is 1.74. The van der Waals surface area contributed by atoms with Gasteiger partial charge in [0.1, 0.15) is 0 Å². The molecule has 1 heterocycles. The predicted octanol–water partition coefficient (Wildman–Crippen LogP) is 2.52. The highest BCUT2D eigenvalue weighted by molar-refractivity contribution is 5.95. The first-order valence-electron chi connectivity index (χ1n) is 6.33. The van der Waals surface area contributed by atoms with E-state index >= 15 is 0 Å². The molecule has 0 radical (unpaired) electrons. The number of amides is 1. The third kappa shape index (κ3) is 3.18. The highest BCUT2D eigenvalue weighted by atomic mass is 19.1. The molecule has 4 nitrogen and oxygen atoms in total. The maximum absolute atomic E-state index is 14.1. The Hall–Kier alpha value is -1.65. The third-order valence-electron chi connectivity index (χ3n) is 2.63. The van der Waals surface area contributed by atoms with Crippen molar-refractivity contribution in [3.05, 3.63) is 23.6 Å². The lowest BCUT2D eigenvalue weighted by molar-refractivity contribution is 0.0759. The Morgan fingerprint density at radius 2 is 2.17 bits per heavy atom. The minimum atomic E-state index is -0.570. The molecule has 0 unspecified atom stereocenters. The molecule has 0 saturated carbocycles. The van der Waals surface area contributed by atoms with Gasteiger partial charge in [-0.1, -0.05) is 6.92 Å². The molecule has 1 aromatic rings. The van der Waals surface area contributed by atoms with Gasteiger partial charge in [0.2, 0.25) is 0 Å². The molecule has 5 heteroatoms. The van der Waals surface area contributed by atoms with Crippen LogP contribution in [0.1, 0.15) is 37.6 Å². The van der Waals surface area contributed by atoms with Crippen molar-refractivity contribution in [2.24, 2.45) is 0 Å². The van der Waals surface area contributed by atoms with Crippen molar-refractivity contribution in [1.29, 1.82) is 0 Å². The number of nitrogens with zero attached hydrogens (tertiary/aromatic N) is 2.